The average molecular weight is 539 g/mol. The van der Waals surface area contributed by atoms with E-state index in [-0.39, 0.29) is 58.4 Å². The molecule has 0 unspecified atom stereocenters. The number of ether oxygens (including phenoxy) is 2. The summed E-state index contributed by atoms with van der Waals surface area (Å²) in [5.74, 6) is -3.28. The molecule has 39 heavy (non-hydrogen) atoms. The molecule has 5 rings (SSSR count). The van der Waals surface area contributed by atoms with E-state index in [4.69, 9.17) is 19.3 Å². The highest BCUT2D eigenvalue weighted by Crippen LogP contribution is 2.56. The fourth-order valence-corrected chi connectivity index (χ4v) is 4.57. The maximum absolute atomic E-state index is 15.3. The molecule has 1 aliphatic heterocycles. The van der Waals surface area contributed by atoms with Crippen LogP contribution in [0.1, 0.15) is 38.4 Å². The predicted molar refractivity (Wildman–Crippen MR) is 141 cm³/mol. The number of halogens is 2. The molecule has 1 saturated carbocycles. The van der Waals surface area contributed by atoms with Gasteiger partial charge in [0.05, 0.1) is 18.7 Å². The summed E-state index contributed by atoms with van der Waals surface area (Å²) >= 11 is 0. The summed E-state index contributed by atoms with van der Waals surface area (Å²) in [5.41, 5.74) is 6.99. The smallest absolute Gasteiger partial charge is 0.258 e. The number of nitrogen functional groups attached to an aromatic ring is 1. The number of rotatable bonds is 8. The Balaban J connectivity index is 1.41. The van der Waals surface area contributed by atoms with Crippen molar-refractivity contribution in [2.24, 2.45) is 0 Å². The molecule has 9 nitrogen and oxygen atoms in total. The van der Waals surface area contributed by atoms with E-state index in [1.54, 1.807) is 13.0 Å². The fraction of sp³-hybridized carbons (Fsp3) is 0.286. The van der Waals surface area contributed by atoms with Crippen LogP contribution in [0.25, 0.3) is 11.3 Å². The number of anilines is 2. The molecule has 1 aliphatic carbocycles. The normalized spacial score (nSPS) is 15.8. The minimum atomic E-state index is -2.74. The molecule has 1 aromatic heterocycles. The first-order chi connectivity index (χ1) is 19.9. The summed E-state index contributed by atoms with van der Waals surface area (Å²) in [6.45, 7) is 1.86. The number of carbonyl (C=O) groups excluding carboxylic acids is 2. The predicted octanol–water partition coefficient (Wildman–Crippen LogP) is 4.01. The lowest BCUT2D eigenvalue weighted by atomic mass is 9.96. The molecule has 2 heterocycles. The van der Waals surface area contributed by atoms with Gasteiger partial charge >= 0.3 is 0 Å². The topological polar surface area (TPSA) is 120 Å². The van der Waals surface area contributed by atoms with Gasteiger partial charge < -0.3 is 25.4 Å². The van der Waals surface area contributed by atoms with Crippen LogP contribution in [-0.2, 0) is 10.2 Å². The van der Waals surface area contributed by atoms with Crippen LogP contribution in [0.5, 0.6) is 11.5 Å². The van der Waals surface area contributed by atoms with Gasteiger partial charge in [-0.25, -0.2) is 18.7 Å². The third-order valence-corrected chi connectivity index (χ3v) is 6.97. The number of fused-ring (bicyclic) bond motifs is 2. The van der Waals surface area contributed by atoms with Crippen LogP contribution in [0.2, 0.25) is 0 Å². The van der Waals surface area contributed by atoms with E-state index in [1.165, 1.54) is 6.07 Å². The molecule has 1 fully saturated rings. The molecule has 0 saturated heterocycles. The number of hydrogen-bond donors (Lipinski definition) is 2. The lowest BCUT2D eigenvalue weighted by Gasteiger charge is -2.18. The Morgan fingerprint density at radius 1 is 1.33 bits per heavy atom. The van der Waals surface area contributed by atoms with Crippen molar-refractivity contribution in [3.05, 3.63) is 71.6 Å². The highest BCUT2D eigenvalue weighted by Gasteiger charge is 2.51. The molecule has 2 aliphatic rings. The van der Waals surface area contributed by atoms with Crippen LogP contribution in [-0.4, -0.2) is 53.4 Å². The number of benzene rings is 2. The first kappa shape index (κ1) is 22.4. The Labute approximate surface area is 227 Å². The van der Waals surface area contributed by atoms with Crippen molar-refractivity contribution in [1.82, 2.24) is 14.9 Å². The third-order valence-electron chi connectivity index (χ3n) is 6.97. The third kappa shape index (κ3) is 4.75. The Morgan fingerprint density at radius 2 is 2.13 bits per heavy atom. The Morgan fingerprint density at radius 3 is 2.85 bits per heavy atom. The van der Waals surface area contributed by atoms with Gasteiger partial charge in [0.2, 0.25) is 5.91 Å². The molecular weight excluding hydrogens is 508 g/mol. The maximum atomic E-state index is 15.3. The Kier molecular flexibility index (Phi) is 5.74. The van der Waals surface area contributed by atoms with Gasteiger partial charge in [-0.3, -0.25) is 9.59 Å². The second kappa shape index (κ2) is 9.97. The number of likely N-dealkylation sites (N-methyl/N-ethyl adjacent to an activating group) is 1. The van der Waals surface area contributed by atoms with E-state index in [0.717, 1.165) is 42.9 Å². The second-order valence-corrected chi connectivity index (χ2v) is 9.43. The van der Waals surface area contributed by atoms with Crippen molar-refractivity contribution < 1.29 is 32.0 Å². The summed E-state index contributed by atoms with van der Waals surface area (Å²) in [7, 11) is 0. The Hall–Kier alpha value is -4.54. The minimum absolute atomic E-state index is 0.0442. The number of nitrogens with one attached hydrogen (secondary N) is 1. The van der Waals surface area contributed by atoms with Gasteiger partial charge in [-0.05, 0) is 49.6 Å². The van der Waals surface area contributed by atoms with Crippen molar-refractivity contribution in [2.75, 3.05) is 37.8 Å². The van der Waals surface area contributed by atoms with Crippen LogP contribution in [0.4, 0.5) is 20.3 Å². The number of carbonyl (C=O) groups is 2. The molecule has 0 atom stereocenters. The van der Waals surface area contributed by atoms with Gasteiger partial charge in [0.25, 0.3) is 5.91 Å². The van der Waals surface area contributed by atoms with Gasteiger partial charge in [-0.15, -0.1) is 0 Å². The molecule has 3 N–H and O–H groups in total. The largest absolute Gasteiger partial charge is 0.489 e. The molecule has 0 radical (unpaired) electrons. The highest BCUT2D eigenvalue weighted by molar-refractivity contribution is 6.05. The minimum Gasteiger partial charge on any atom is -0.489 e. The van der Waals surface area contributed by atoms with E-state index in [0.29, 0.717) is 17.1 Å². The summed E-state index contributed by atoms with van der Waals surface area (Å²) in [6.07, 6.45) is 3.80. The van der Waals surface area contributed by atoms with Gasteiger partial charge in [0.15, 0.2) is 23.1 Å². The SMILES string of the molecule is [2H]C([2H])([2H])N(CCOc1c(N)ncnc1-c1cc(F)cc(NC(=O)c2ccc3c(c2F)OCC32CC2)c1C)C(=O)C=C. The molecule has 1 spiro atoms. The van der Waals surface area contributed by atoms with Crippen molar-refractivity contribution >= 4 is 23.3 Å². The van der Waals surface area contributed by atoms with Gasteiger partial charge in [0, 0.05) is 33.3 Å². The fourth-order valence-electron chi connectivity index (χ4n) is 4.57. The summed E-state index contributed by atoms with van der Waals surface area (Å²) in [6, 6.07) is 5.32. The highest BCUT2D eigenvalue weighted by atomic mass is 19.1. The van der Waals surface area contributed by atoms with Gasteiger partial charge in [0.1, 0.15) is 24.4 Å². The van der Waals surface area contributed by atoms with E-state index < -0.39 is 30.4 Å². The molecular formula is C28H27F2N5O4. The quantitative estimate of drug-likeness (QED) is 0.416. The number of nitrogens with two attached hydrogens (primary N) is 1. The van der Waals surface area contributed by atoms with Crippen LogP contribution in [0, 0.1) is 18.6 Å². The lowest BCUT2D eigenvalue weighted by molar-refractivity contribution is -0.125. The van der Waals surface area contributed by atoms with Crippen molar-refractivity contribution in [2.45, 2.75) is 25.2 Å². The van der Waals surface area contributed by atoms with Crippen LogP contribution in [0.15, 0.2) is 43.2 Å². The van der Waals surface area contributed by atoms with Gasteiger partial charge in [-0.2, -0.15) is 0 Å². The lowest BCUT2D eigenvalue weighted by Crippen LogP contribution is -2.29. The molecule has 2 aromatic carbocycles. The molecule has 2 amide bonds. The monoisotopic (exact) mass is 538 g/mol. The summed E-state index contributed by atoms with van der Waals surface area (Å²) in [5, 5.41) is 2.57. The van der Waals surface area contributed by atoms with E-state index in [9.17, 15) is 14.0 Å². The number of nitrogens with zero attached hydrogens (tertiary/aromatic N) is 3. The van der Waals surface area contributed by atoms with Crippen LogP contribution in [0.3, 0.4) is 0 Å². The van der Waals surface area contributed by atoms with E-state index >= 15 is 4.39 Å². The van der Waals surface area contributed by atoms with E-state index in [1.807, 2.05) is 0 Å². The zero-order valence-electron chi connectivity index (χ0n) is 24.0. The number of hydrogen-bond acceptors (Lipinski definition) is 7. The Bertz CT molecular complexity index is 1610. The number of aromatic nitrogens is 2. The molecule has 202 valence electrons. The van der Waals surface area contributed by atoms with Crippen molar-refractivity contribution in [3.8, 4) is 22.8 Å². The molecule has 11 heteroatoms. The summed E-state index contributed by atoms with van der Waals surface area (Å²) in [4.78, 5) is 33.8. The first-order valence-electron chi connectivity index (χ1n) is 13.6. The van der Waals surface area contributed by atoms with Crippen molar-refractivity contribution in [3.63, 3.8) is 0 Å². The zero-order valence-corrected chi connectivity index (χ0v) is 21.0. The molecule has 3 aromatic rings. The van der Waals surface area contributed by atoms with Crippen LogP contribution >= 0.6 is 0 Å². The van der Waals surface area contributed by atoms with Crippen LogP contribution < -0.4 is 20.5 Å². The second-order valence-electron chi connectivity index (χ2n) is 9.43. The van der Waals surface area contributed by atoms with Gasteiger partial charge in [-0.1, -0.05) is 12.6 Å². The standard InChI is InChI=1S/C28H27F2N5O4/c1-4-21(36)35(3)9-10-38-25-23(32-14-33-26(25)31)18-11-16(29)12-20(15(18)2)34-27(37)17-5-6-19-24(22(17)30)39-13-28(19)7-8-28/h4-6,11-12,14H,1,7-10,13H2,2-3H3,(H,34,37)(H2,31,32,33)/i3D3. The first-order valence-corrected chi connectivity index (χ1v) is 12.1. The summed E-state index contributed by atoms with van der Waals surface area (Å²) < 4.78 is 64.1. The average Bonchev–Trinajstić information content (AvgIpc) is 3.62. The maximum Gasteiger partial charge on any atom is 0.258 e. The zero-order chi connectivity index (χ0) is 30.4. The number of amides is 2. The van der Waals surface area contributed by atoms with Crippen molar-refractivity contribution in [1.29, 1.82) is 0 Å². The molecule has 0 bridgehead atoms. The van der Waals surface area contributed by atoms with E-state index in [2.05, 4.69) is 21.9 Å².